The van der Waals surface area contributed by atoms with Gasteiger partial charge in [-0.05, 0) is 31.2 Å². The quantitative estimate of drug-likeness (QED) is 0.802. The zero-order chi connectivity index (χ0) is 18.8. The smallest absolute Gasteiger partial charge is 0.303 e. The number of Topliss-reactive ketones (excluding diaryl/α,β-unsaturated/α-hetero) is 1. The molecule has 0 saturated carbocycles. The minimum atomic E-state index is -0.409. The van der Waals surface area contributed by atoms with Crippen molar-refractivity contribution >= 4 is 23.1 Å². The van der Waals surface area contributed by atoms with Crippen LogP contribution in [0, 0.1) is 0 Å². The molecule has 2 heterocycles. The van der Waals surface area contributed by atoms with Crippen molar-refractivity contribution < 1.29 is 19.2 Å². The van der Waals surface area contributed by atoms with Crippen molar-refractivity contribution in [2.24, 2.45) is 0 Å². The number of anilines is 2. The van der Waals surface area contributed by atoms with Gasteiger partial charge in [-0.3, -0.25) is 14.5 Å². The van der Waals surface area contributed by atoms with E-state index in [1.165, 1.54) is 4.90 Å². The molecule has 0 spiro atoms. The molecule has 1 fully saturated rings. The van der Waals surface area contributed by atoms with E-state index < -0.39 is 11.7 Å². The number of quaternary nitrogens is 1. The standard InChI is InChI=1S/C21H23N3O3/c1-2-27-19-10-6-5-9-18(19)23-13-11-22(12-14-23)15-24-17-8-4-3-7-16(17)20(25)21(24)26/h3-10H,2,11-15H2,1H3/p+1. The Morgan fingerprint density at radius 3 is 2.37 bits per heavy atom. The number of fused-ring (bicyclic) bond motifs is 1. The fourth-order valence-corrected chi connectivity index (χ4v) is 3.85. The van der Waals surface area contributed by atoms with Crippen LogP contribution < -0.4 is 19.4 Å². The maximum Gasteiger partial charge on any atom is 0.303 e. The van der Waals surface area contributed by atoms with Gasteiger partial charge in [0.15, 0.2) is 6.67 Å². The summed E-state index contributed by atoms with van der Waals surface area (Å²) in [6.07, 6.45) is 0. The SMILES string of the molecule is CCOc1ccccc1N1CC[NH+](CN2C(=O)C(=O)c3ccccc32)CC1. The Labute approximate surface area is 158 Å². The second kappa shape index (κ2) is 7.40. The summed E-state index contributed by atoms with van der Waals surface area (Å²) in [5.41, 5.74) is 2.38. The third-order valence-electron chi connectivity index (χ3n) is 5.24. The van der Waals surface area contributed by atoms with Gasteiger partial charge < -0.3 is 14.5 Å². The molecule has 2 aliphatic heterocycles. The van der Waals surface area contributed by atoms with Crippen LogP contribution in [0.3, 0.4) is 0 Å². The number of nitrogens with one attached hydrogen (secondary N) is 1. The molecule has 6 nitrogen and oxygen atoms in total. The van der Waals surface area contributed by atoms with Gasteiger partial charge in [0.2, 0.25) is 0 Å². The molecule has 0 aromatic heterocycles. The number of carbonyl (C=O) groups is 2. The molecule has 6 heteroatoms. The van der Waals surface area contributed by atoms with E-state index in [4.69, 9.17) is 4.74 Å². The molecule has 4 rings (SSSR count). The van der Waals surface area contributed by atoms with E-state index in [0.29, 0.717) is 18.8 Å². The highest BCUT2D eigenvalue weighted by Gasteiger charge is 2.38. The molecule has 2 aromatic carbocycles. The van der Waals surface area contributed by atoms with Crippen LogP contribution in [0.15, 0.2) is 48.5 Å². The Kier molecular flexibility index (Phi) is 4.81. The maximum atomic E-state index is 12.4. The molecule has 2 aliphatic rings. The summed E-state index contributed by atoms with van der Waals surface area (Å²) in [5.74, 6) is 0.111. The third kappa shape index (κ3) is 3.28. The largest absolute Gasteiger partial charge is 0.492 e. The van der Waals surface area contributed by atoms with Gasteiger partial charge in [-0.1, -0.05) is 24.3 Å². The number of piperazine rings is 1. The summed E-state index contributed by atoms with van der Waals surface area (Å²) in [7, 11) is 0. The van der Waals surface area contributed by atoms with Crippen LogP contribution in [0.4, 0.5) is 11.4 Å². The molecule has 0 radical (unpaired) electrons. The van der Waals surface area contributed by atoms with Crippen molar-refractivity contribution in [1.82, 2.24) is 0 Å². The van der Waals surface area contributed by atoms with E-state index in [0.717, 1.165) is 43.3 Å². The van der Waals surface area contributed by atoms with Gasteiger partial charge in [-0.25, -0.2) is 0 Å². The Morgan fingerprint density at radius 2 is 1.63 bits per heavy atom. The average molecular weight is 366 g/mol. The lowest BCUT2D eigenvalue weighted by Crippen LogP contribution is -3.16. The molecular formula is C21H24N3O3+. The van der Waals surface area contributed by atoms with Crippen LogP contribution in [0.1, 0.15) is 17.3 Å². The number of carbonyl (C=O) groups excluding carboxylic acids is 2. The summed E-state index contributed by atoms with van der Waals surface area (Å²) in [6.45, 7) is 6.75. The molecule has 27 heavy (non-hydrogen) atoms. The zero-order valence-electron chi connectivity index (χ0n) is 15.5. The van der Waals surface area contributed by atoms with Crippen molar-refractivity contribution in [1.29, 1.82) is 0 Å². The summed E-state index contributed by atoms with van der Waals surface area (Å²) in [5, 5.41) is 0. The monoisotopic (exact) mass is 366 g/mol. The van der Waals surface area contributed by atoms with Gasteiger partial charge in [0.25, 0.3) is 5.78 Å². The summed E-state index contributed by atoms with van der Waals surface area (Å²) >= 11 is 0. The van der Waals surface area contributed by atoms with Gasteiger partial charge in [0.1, 0.15) is 5.75 Å². The Bertz CT molecular complexity index is 859. The van der Waals surface area contributed by atoms with E-state index in [2.05, 4.69) is 11.0 Å². The van der Waals surface area contributed by atoms with Crippen LogP contribution in [0.5, 0.6) is 5.75 Å². The Hall–Kier alpha value is -2.86. The lowest BCUT2D eigenvalue weighted by Gasteiger charge is -2.35. The average Bonchev–Trinajstić information content (AvgIpc) is 2.95. The third-order valence-corrected chi connectivity index (χ3v) is 5.24. The van der Waals surface area contributed by atoms with Gasteiger partial charge in [-0.2, -0.15) is 0 Å². The van der Waals surface area contributed by atoms with Crippen LogP contribution in [-0.2, 0) is 4.79 Å². The summed E-state index contributed by atoms with van der Waals surface area (Å²) in [4.78, 5) is 29.8. The van der Waals surface area contributed by atoms with E-state index in [-0.39, 0.29) is 0 Å². The molecule has 1 N–H and O–H groups in total. The fourth-order valence-electron chi connectivity index (χ4n) is 3.85. The molecule has 140 valence electrons. The molecule has 0 bridgehead atoms. The van der Waals surface area contributed by atoms with E-state index >= 15 is 0 Å². The second-order valence-corrected chi connectivity index (χ2v) is 6.88. The van der Waals surface area contributed by atoms with E-state index in [9.17, 15) is 9.59 Å². The van der Waals surface area contributed by atoms with Gasteiger partial charge in [0, 0.05) is 0 Å². The summed E-state index contributed by atoms with van der Waals surface area (Å²) < 4.78 is 5.75. The van der Waals surface area contributed by atoms with Crippen LogP contribution in [0.25, 0.3) is 0 Å². The molecular weight excluding hydrogens is 342 g/mol. The minimum absolute atomic E-state index is 0.394. The van der Waals surface area contributed by atoms with Crippen LogP contribution in [-0.4, -0.2) is 51.1 Å². The number of hydrogen-bond donors (Lipinski definition) is 1. The number of rotatable bonds is 5. The highest BCUT2D eigenvalue weighted by molar-refractivity contribution is 6.52. The molecule has 0 aliphatic carbocycles. The van der Waals surface area contributed by atoms with E-state index in [1.54, 1.807) is 17.0 Å². The lowest BCUT2D eigenvalue weighted by molar-refractivity contribution is -0.899. The molecule has 0 atom stereocenters. The first-order valence-corrected chi connectivity index (χ1v) is 9.44. The highest BCUT2D eigenvalue weighted by Crippen LogP contribution is 2.29. The number of ether oxygens (including phenoxy) is 1. The Morgan fingerprint density at radius 1 is 0.963 bits per heavy atom. The van der Waals surface area contributed by atoms with Crippen molar-refractivity contribution in [2.45, 2.75) is 6.92 Å². The molecule has 2 aromatic rings. The molecule has 1 saturated heterocycles. The predicted octanol–water partition coefficient (Wildman–Crippen LogP) is 0.977. The van der Waals surface area contributed by atoms with Crippen molar-refractivity contribution in [2.75, 3.05) is 49.3 Å². The number of para-hydroxylation sites is 3. The zero-order valence-corrected chi connectivity index (χ0v) is 15.5. The number of nitrogens with zero attached hydrogens (tertiary/aromatic N) is 2. The number of ketones is 1. The first kappa shape index (κ1) is 17.5. The minimum Gasteiger partial charge on any atom is -0.492 e. The number of hydrogen-bond acceptors (Lipinski definition) is 4. The number of benzene rings is 2. The van der Waals surface area contributed by atoms with Gasteiger partial charge in [0.05, 0.1) is 49.7 Å². The van der Waals surface area contributed by atoms with Gasteiger partial charge in [-0.15, -0.1) is 0 Å². The normalized spacial score (nSPS) is 17.4. The predicted molar refractivity (Wildman–Crippen MR) is 104 cm³/mol. The van der Waals surface area contributed by atoms with Crippen LogP contribution >= 0.6 is 0 Å². The van der Waals surface area contributed by atoms with Crippen molar-refractivity contribution in [3.05, 3.63) is 54.1 Å². The van der Waals surface area contributed by atoms with E-state index in [1.807, 2.05) is 37.3 Å². The maximum absolute atomic E-state index is 12.4. The van der Waals surface area contributed by atoms with Crippen molar-refractivity contribution in [3.63, 3.8) is 0 Å². The number of amides is 1. The van der Waals surface area contributed by atoms with Crippen LogP contribution in [0.2, 0.25) is 0 Å². The Balaban J connectivity index is 1.42. The summed E-state index contributed by atoms with van der Waals surface area (Å²) in [6, 6.07) is 15.4. The lowest BCUT2D eigenvalue weighted by atomic mass is 10.1. The first-order chi connectivity index (χ1) is 13.2. The first-order valence-electron chi connectivity index (χ1n) is 9.44. The molecule has 1 amide bonds. The highest BCUT2D eigenvalue weighted by atomic mass is 16.5. The second-order valence-electron chi connectivity index (χ2n) is 6.88. The van der Waals surface area contributed by atoms with Gasteiger partial charge >= 0.3 is 5.91 Å². The topological polar surface area (TPSA) is 54.3 Å². The molecule has 0 unspecified atom stereocenters. The van der Waals surface area contributed by atoms with Crippen molar-refractivity contribution in [3.8, 4) is 5.75 Å². The fraction of sp³-hybridized carbons (Fsp3) is 0.333.